The molecule has 0 aliphatic rings. The van der Waals surface area contributed by atoms with Crippen LogP contribution in [0, 0.1) is 5.92 Å². The summed E-state index contributed by atoms with van der Waals surface area (Å²) in [6.45, 7) is 3.02. The first-order valence-corrected chi connectivity index (χ1v) is 12.7. The lowest BCUT2D eigenvalue weighted by Gasteiger charge is -2.21. The molecule has 0 aliphatic carbocycles. The summed E-state index contributed by atoms with van der Waals surface area (Å²) >= 11 is 0. The molecule has 2 unspecified atom stereocenters. The highest BCUT2D eigenvalue weighted by molar-refractivity contribution is 6.02. The molecule has 3 rings (SSSR count). The summed E-state index contributed by atoms with van der Waals surface area (Å²) in [6.07, 6.45) is -1.65. The highest BCUT2D eigenvalue weighted by atomic mass is 16.5. The van der Waals surface area contributed by atoms with Crippen LogP contribution in [0.15, 0.2) is 54.6 Å². The first kappa shape index (κ1) is 30.4. The van der Waals surface area contributed by atoms with E-state index in [-0.39, 0.29) is 29.8 Å². The zero-order valence-electron chi connectivity index (χ0n) is 22.7. The molecule has 14 nitrogen and oxygen atoms in total. The Morgan fingerprint density at radius 2 is 1.66 bits per heavy atom. The lowest BCUT2D eigenvalue weighted by Crippen LogP contribution is -2.48. The summed E-state index contributed by atoms with van der Waals surface area (Å²) in [5.74, 6) is -3.05. The van der Waals surface area contributed by atoms with Gasteiger partial charge in [0, 0.05) is 12.6 Å². The molecule has 0 fully saturated rings. The Hall–Kier alpha value is -5.14. The van der Waals surface area contributed by atoms with Crippen molar-refractivity contribution in [1.82, 2.24) is 36.2 Å². The lowest BCUT2D eigenvalue weighted by atomic mass is 10.0. The van der Waals surface area contributed by atoms with Gasteiger partial charge in [-0.1, -0.05) is 62.4 Å². The number of hydrogen-bond donors (Lipinski definition) is 4. The van der Waals surface area contributed by atoms with Gasteiger partial charge in [-0.25, -0.2) is 4.79 Å². The van der Waals surface area contributed by atoms with Gasteiger partial charge in [0.15, 0.2) is 5.78 Å². The summed E-state index contributed by atoms with van der Waals surface area (Å²) in [6, 6.07) is 13.0. The van der Waals surface area contributed by atoms with E-state index in [0.717, 1.165) is 4.80 Å². The second-order valence-corrected chi connectivity index (χ2v) is 9.32. The first-order valence-electron chi connectivity index (χ1n) is 12.7. The van der Waals surface area contributed by atoms with Gasteiger partial charge in [0.25, 0.3) is 5.91 Å². The number of alkyl carbamates (subject to hydrolysis) is 1. The smallest absolute Gasteiger partial charge is 0.408 e. The van der Waals surface area contributed by atoms with E-state index in [4.69, 9.17) is 4.74 Å². The molecule has 41 heavy (non-hydrogen) atoms. The van der Waals surface area contributed by atoms with E-state index < -0.39 is 48.8 Å². The van der Waals surface area contributed by atoms with Gasteiger partial charge in [-0.05, 0) is 22.8 Å². The minimum absolute atomic E-state index is 0.0228. The Balaban J connectivity index is 1.71. The molecule has 0 saturated heterocycles. The average Bonchev–Trinajstić information content (AvgIpc) is 3.42. The van der Waals surface area contributed by atoms with Crippen LogP contribution in [-0.2, 0) is 32.3 Å². The van der Waals surface area contributed by atoms with Crippen LogP contribution in [-0.4, -0.2) is 74.1 Å². The zero-order valence-corrected chi connectivity index (χ0v) is 22.7. The second-order valence-electron chi connectivity index (χ2n) is 9.32. The number of ether oxygens (including phenoxy) is 1. The van der Waals surface area contributed by atoms with Crippen molar-refractivity contribution in [3.8, 4) is 11.4 Å². The fraction of sp³-hybridized carbons (Fsp3) is 0.333. The summed E-state index contributed by atoms with van der Waals surface area (Å²) in [7, 11) is 1.48. The average molecular weight is 566 g/mol. The molecule has 0 aliphatic heterocycles. The van der Waals surface area contributed by atoms with E-state index >= 15 is 0 Å². The Kier molecular flexibility index (Phi) is 10.6. The molecule has 0 bridgehead atoms. The van der Waals surface area contributed by atoms with Gasteiger partial charge in [0.2, 0.25) is 11.7 Å². The number of aliphatic carboxylic acids is 1. The number of ketones is 1. The molecule has 1 aromatic heterocycles. The van der Waals surface area contributed by atoms with Crippen molar-refractivity contribution < 1.29 is 33.8 Å². The maximum Gasteiger partial charge on any atom is 0.408 e. The normalized spacial score (nSPS) is 12.2. The van der Waals surface area contributed by atoms with Crippen molar-refractivity contribution in [2.45, 2.75) is 45.5 Å². The molecule has 14 heteroatoms. The summed E-state index contributed by atoms with van der Waals surface area (Å²) in [4.78, 5) is 62.7. The molecule has 4 N–H and O–H groups in total. The molecule has 0 spiro atoms. The number of carbonyl (C=O) groups is 5. The fourth-order valence-corrected chi connectivity index (χ4v) is 3.78. The van der Waals surface area contributed by atoms with Gasteiger partial charge < -0.3 is 25.8 Å². The summed E-state index contributed by atoms with van der Waals surface area (Å²) in [5.41, 5.74) is 1.19. The number of benzene rings is 2. The maximum absolute atomic E-state index is 13.1. The Morgan fingerprint density at radius 1 is 0.976 bits per heavy atom. The first-order chi connectivity index (χ1) is 19.6. The lowest BCUT2D eigenvalue weighted by molar-refractivity contribution is -0.139. The van der Waals surface area contributed by atoms with Gasteiger partial charge in [0.1, 0.15) is 25.2 Å². The van der Waals surface area contributed by atoms with E-state index in [9.17, 15) is 29.1 Å². The highest BCUT2D eigenvalue weighted by Gasteiger charge is 2.27. The van der Waals surface area contributed by atoms with Crippen molar-refractivity contribution in [3.63, 3.8) is 0 Å². The minimum atomic E-state index is -1.42. The van der Waals surface area contributed by atoms with E-state index in [1.807, 2.05) is 0 Å². The monoisotopic (exact) mass is 565 g/mol. The Bertz CT molecular complexity index is 1390. The number of likely N-dealkylation sites (N-methyl/N-ethyl adjacent to an activating group) is 1. The number of rotatable bonds is 13. The highest BCUT2D eigenvalue weighted by Crippen LogP contribution is 2.20. The molecule has 0 saturated carbocycles. The van der Waals surface area contributed by atoms with Crippen LogP contribution in [0.1, 0.15) is 36.2 Å². The van der Waals surface area contributed by atoms with Crippen LogP contribution >= 0.6 is 0 Å². The number of tetrazole rings is 1. The Labute approximate surface area is 235 Å². The predicted molar refractivity (Wildman–Crippen MR) is 144 cm³/mol. The van der Waals surface area contributed by atoms with Crippen molar-refractivity contribution in [2.75, 3.05) is 7.05 Å². The van der Waals surface area contributed by atoms with Gasteiger partial charge in [-0.15, -0.1) is 10.2 Å². The van der Waals surface area contributed by atoms with Crippen molar-refractivity contribution >= 4 is 29.7 Å². The standard InChI is InChI=1S/C27H31N7O7/c1-16(2)23(26(39)28-3)30-25(38)19-12-8-7-11-18(19)24-31-33-34(32-24)14-21(35)20(13-22(36)37)29-27(40)41-15-17-9-5-4-6-10-17/h4-12,16,20,23H,13-15H2,1-3H3,(H,28,39)(H,29,40)(H,30,38)(H,36,37). The van der Waals surface area contributed by atoms with Crippen LogP contribution in [0.5, 0.6) is 0 Å². The van der Waals surface area contributed by atoms with Crippen LogP contribution in [0.4, 0.5) is 4.79 Å². The largest absolute Gasteiger partial charge is 0.481 e. The number of carboxylic acid groups (broad SMARTS) is 1. The summed E-state index contributed by atoms with van der Waals surface area (Å²) in [5, 5.41) is 28.7. The van der Waals surface area contributed by atoms with Crippen LogP contribution in [0.2, 0.25) is 0 Å². The molecule has 2 aromatic carbocycles. The van der Waals surface area contributed by atoms with Gasteiger partial charge >= 0.3 is 12.1 Å². The van der Waals surface area contributed by atoms with Crippen molar-refractivity contribution in [2.24, 2.45) is 5.92 Å². The van der Waals surface area contributed by atoms with Crippen molar-refractivity contribution in [3.05, 3.63) is 65.7 Å². The van der Waals surface area contributed by atoms with E-state index in [1.54, 1.807) is 62.4 Å². The van der Waals surface area contributed by atoms with E-state index in [0.29, 0.717) is 11.1 Å². The Morgan fingerprint density at radius 3 is 2.32 bits per heavy atom. The summed E-state index contributed by atoms with van der Waals surface area (Å²) < 4.78 is 5.09. The third-order valence-corrected chi connectivity index (χ3v) is 5.92. The van der Waals surface area contributed by atoms with Crippen molar-refractivity contribution in [1.29, 1.82) is 0 Å². The molecular formula is C27H31N7O7. The number of aromatic nitrogens is 4. The van der Waals surface area contributed by atoms with Gasteiger partial charge in [-0.2, -0.15) is 4.80 Å². The zero-order chi connectivity index (χ0) is 29.9. The third kappa shape index (κ3) is 8.68. The second kappa shape index (κ2) is 14.3. The number of Topliss-reactive ketones (excluding diaryl/α,β-unsaturated/α-hetero) is 1. The topological polar surface area (TPSA) is 194 Å². The SMILES string of the molecule is CNC(=O)C(NC(=O)c1ccccc1-c1nnn(CC(=O)C(CC(=O)O)NC(=O)OCc2ccccc2)n1)C(C)C. The van der Waals surface area contributed by atoms with E-state index in [2.05, 4.69) is 31.4 Å². The molecule has 1 heterocycles. The molecule has 0 radical (unpaired) electrons. The van der Waals surface area contributed by atoms with E-state index in [1.165, 1.54) is 13.1 Å². The predicted octanol–water partition coefficient (Wildman–Crippen LogP) is 1.18. The quantitative estimate of drug-likeness (QED) is 0.234. The van der Waals surface area contributed by atoms with Crippen LogP contribution < -0.4 is 16.0 Å². The number of carbonyl (C=O) groups excluding carboxylic acids is 4. The van der Waals surface area contributed by atoms with Crippen LogP contribution in [0.3, 0.4) is 0 Å². The van der Waals surface area contributed by atoms with Gasteiger partial charge in [0.05, 0.1) is 12.0 Å². The minimum Gasteiger partial charge on any atom is -0.481 e. The molecular weight excluding hydrogens is 534 g/mol. The maximum atomic E-state index is 13.1. The number of carboxylic acids is 1. The molecule has 216 valence electrons. The number of nitrogens with zero attached hydrogens (tertiary/aromatic N) is 4. The number of amides is 3. The van der Waals surface area contributed by atoms with Gasteiger partial charge in [-0.3, -0.25) is 19.2 Å². The third-order valence-electron chi connectivity index (χ3n) is 5.92. The number of nitrogens with one attached hydrogen (secondary N) is 3. The number of hydrogen-bond acceptors (Lipinski definition) is 9. The van der Waals surface area contributed by atoms with Crippen LogP contribution in [0.25, 0.3) is 11.4 Å². The fourth-order valence-electron chi connectivity index (χ4n) is 3.78. The molecule has 3 aromatic rings. The molecule has 3 amide bonds. The molecule has 2 atom stereocenters.